The highest BCUT2D eigenvalue weighted by Gasteiger charge is 2.34. The first-order chi connectivity index (χ1) is 8.34. The van der Waals surface area contributed by atoms with Crippen molar-refractivity contribution in [2.75, 3.05) is 13.6 Å². The Balaban J connectivity index is 1.98. The number of aromatic amines is 1. The molecule has 2 atom stereocenters. The molecule has 0 spiro atoms. The minimum atomic E-state index is 0.553. The molecule has 17 heavy (non-hydrogen) atoms. The Bertz CT molecular complexity index is 611. The SMILES string of the molecule is CN1C=NC[C@@H]2c3cccc4[nH]cc(c34)C[C@H]21. The molecule has 2 aromatic rings. The van der Waals surface area contributed by atoms with Gasteiger partial charge in [0.15, 0.2) is 0 Å². The largest absolute Gasteiger partial charge is 0.362 e. The van der Waals surface area contributed by atoms with E-state index in [4.69, 9.17) is 0 Å². The molecule has 3 nitrogen and oxygen atoms in total. The van der Waals surface area contributed by atoms with Crippen LogP contribution in [0.2, 0.25) is 0 Å². The van der Waals surface area contributed by atoms with Crippen LogP contribution < -0.4 is 0 Å². The van der Waals surface area contributed by atoms with Gasteiger partial charge in [-0.1, -0.05) is 12.1 Å². The zero-order chi connectivity index (χ0) is 11.4. The maximum Gasteiger partial charge on any atom is 0.0850 e. The monoisotopic (exact) mass is 225 g/mol. The highest BCUT2D eigenvalue weighted by atomic mass is 15.2. The van der Waals surface area contributed by atoms with Crippen molar-refractivity contribution in [2.24, 2.45) is 4.99 Å². The van der Waals surface area contributed by atoms with Crippen molar-refractivity contribution in [3.05, 3.63) is 35.5 Å². The molecular weight excluding hydrogens is 210 g/mol. The summed E-state index contributed by atoms with van der Waals surface area (Å²) in [6.45, 7) is 0.929. The van der Waals surface area contributed by atoms with Crippen molar-refractivity contribution >= 4 is 17.2 Å². The zero-order valence-corrected chi connectivity index (χ0v) is 9.85. The van der Waals surface area contributed by atoms with Crippen LogP contribution in [0.25, 0.3) is 10.9 Å². The van der Waals surface area contributed by atoms with Gasteiger partial charge in [0.25, 0.3) is 0 Å². The van der Waals surface area contributed by atoms with Crippen molar-refractivity contribution in [3.63, 3.8) is 0 Å². The predicted octanol–water partition coefficient (Wildman–Crippen LogP) is 2.15. The van der Waals surface area contributed by atoms with E-state index in [0.717, 1.165) is 13.0 Å². The van der Waals surface area contributed by atoms with Gasteiger partial charge in [0.05, 0.1) is 6.34 Å². The van der Waals surface area contributed by atoms with Crippen LogP contribution in [0, 0.1) is 0 Å². The Labute approximate surface area is 100 Å². The normalized spacial score (nSPS) is 26.3. The Morgan fingerprint density at radius 3 is 3.29 bits per heavy atom. The van der Waals surface area contributed by atoms with E-state index in [1.165, 1.54) is 22.0 Å². The van der Waals surface area contributed by atoms with Gasteiger partial charge < -0.3 is 9.88 Å². The van der Waals surface area contributed by atoms with Gasteiger partial charge in [-0.3, -0.25) is 4.99 Å². The van der Waals surface area contributed by atoms with Crippen molar-refractivity contribution in [2.45, 2.75) is 18.4 Å². The van der Waals surface area contributed by atoms with Crippen LogP contribution in [0.1, 0.15) is 17.0 Å². The Morgan fingerprint density at radius 1 is 1.41 bits per heavy atom. The van der Waals surface area contributed by atoms with Crippen molar-refractivity contribution < 1.29 is 0 Å². The second-order valence-corrected chi connectivity index (χ2v) is 5.11. The number of hydrogen-bond acceptors (Lipinski definition) is 2. The van der Waals surface area contributed by atoms with Gasteiger partial charge in [-0.2, -0.15) is 0 Å². The third-order valence-electron chi connectivity index (χ3n) is 4.20. The standard InChI is InChI=1S/C14H15N3/c1-17-8-15-7-11-10-3-2-4-12-14(10)9(6-16-12)5-13(11)17/h2-4,6,8,11,13,16H,5,7H2,1H3/t11-,13-/m1/s1. The van der Waals surface area contributed by atoms with Crippen LogP contribution in [-0.4, -0.2) is 35.9 Å². The summed E-state index contributed by atoms with van der Waals surface area (Å²) in [4.78, 5) is 10.1. The van der Waals surface area contributed by atoms with E-state index in [9.17, 15) is 0 Å². The Hall–Kier alpha value is -1.77. The molecule has 2 heterocycles. The molecule has 1 N–H and O–H groups in total. The van der Waals surface area contributed by atoms with E-state index in [1.54, 1.807) is 0 Å². The number of aromatic nitrogens is 1. The average molecular weight is 225 g/mol. The third kappa shape index (κ3) is 1.14. The third-order valence-corrected chi connectivity index (χ3v) is 4.20. The van der Waals surface area contributed by atoms with Crippen LogP contribution in [-0.2, 0) is 6.42 Å². The fourth-order valence-electron chi connectivity index (χ4n) is 3.35. The summed E-state index contributed by atoms with van der Waals surface area (Å²) in [6.07, 6.45) is 5.28. The number of fused-ring (bicyclic) bond motifs is 2. The molecule has 0 bridgehead atoms. The van der Waals surface area contributed by atoms with Crippen LogP contribution in [0.4, 0.5) is 0 Å². The molecule has 0 saturated heterocycles. The van der Waals surface area contributed by atoms with Gasteiger partial charge in [0.2, 0.25) is 0 Å². The van der Waals surface area contributed by atoms with Crippen LogP contribution in [0.5, 0.6) is 0 Å². The van der Waals surface area contributed by atoms with Crippen molar-refractivity contribution in [1.29, 1.82) is 0 Å². The topological polar surface area (TPSA) is 31.4 Å². The number of likely N-dealkylation sites (N-methyl/N-ethyl adjacent to an activating group) is 1. The highest BCUT2D eigenvalue weighted by molar-refractivity contribution is 5.88. The lowest BCUT2D eigenvalue weighted by Gasteiger charge is -2.39. The number of benzene rings is 1. The van der Waals surface area contributed by atoms with Crippen molar-refractivity contribution in [3.8, 4) is 0 Å². The maximum atomic E-state index is 4.48. The van der Waals surface area contributed by atoms with Gasteiger partial charge >= 0.3 is 0 Å². The lowest BCUT2D eigenvalue weighted by Crippen LogP contribution is -2.43. The van der Waals surface area contributed by atoms with Gasteiger partial charge in [-0.15, -0.1) is 0 Å². The van der Waals surface area contributed by atoms with E-state index in [2.05, 4.69) is 46.3 Å². The zero-order valence-electron chi connectivity index (χ0n) is 9.85. The van der Waals surface area contributed by atoms with Crippen molar-refractivity contribution in [1.82, 2.24) is 9.88 Å². The molecule has 86 valence electrons. The molecule has 2 aliphatic rings. The predicted molar refractivity (Wildman–Crippen MR) is 69.7 cm³/mol. The molecule has 0 saturated carbocycles. The molecule has 0 unspecified atom stereocenters. The molecule has 1 aromatic carbocycles. The number of nitrogens with one attached hydrogen (secondary N) is 1. The van der Waals surface area contributed by atoms with Crippen LogP contribution in [0.3, 0.4) is 0 Å². The average Bonchev–Trinajstić information content (AvgIpc) is 2.76. The number of aliphatic imine (C=N–C) groups is 1. The molecule has 0 fully saturated rings. The lowest BCUT2D eigenvalue weighted by atomic mass is 9.79. The summed E-state index contributed by atoms with van der Waals surface area (Å²) in [6, 6.07) is 7.16. The fraction of sp³-hybridized carbons (Fsp3) is 0.357. The first kappa shape index (κ1) is 9.28. The number of H-pyrrole nitrogens is 1. The minimum Gasteiger partial charge on any atom is -0.362 e. The van der Waals surface area contributed by atoms with Crippen LogP contribution in [0.15, 0.2) is 29.4 Å². The molecule has 0 radical (unpaired) electrons. The Kier molecular flexibility index (Phi) is 1.71. The summed E-state index contributed by atoms with van der Waals surface area (Å²) in [7, 11) is 2.14. The minimum absolute atomic E-state index is 0.553. The quantitative estimate of drug-likeness (QED) is 0.732. The fourth-order valence-corrected chi connectivity index (χ4v) is 3.35. The summed E-state index contributed by atoms with van der Waals surface area (Å²) >= 11 is 0. The summed E-state index contributed by atoms with van der Waals surface area (Å²) < 4.78 is 0. The van der Waals surface area contributed by atoms with Gasteiger partial charge in [-0.05, 0) is 23.6 Å². The second kappa shape index (κ2) is 3.13. The number of rotatable bonds is 0. The second-order valence-electron chi connectivity index (χ2n) is 5.11. The Morgan fingerprint density at radius 2 is 2.35 bits per heavy atom. The van der Waals surface area contributed by atoms with Crippen LogP contribution >= 0.6 is 0 Å². The molecule has 3 heteroatoms. The van der Waals surface area contributed by atoms with Gasteiger partial charge in [0.1, 0.15) is 0 Å². The summed E-state index contributed by atoms with van der Waals surface area (Å²) in [5.41, 5.74) is 4.20. The highest BCUT2D eigenvalue weighted by Crippen LogP contribution is 2.39. The molecule has 4 rings (SSSR count). The molecular formula is C14H15N3. The molecule has 1 aromatic heterocycles. The van der Waals surface area contributed by atoms with E-state index in [0.29, 0.717) is 12.0 Å². The van der Waals surface area contributed by atoms with Gasteiger partial charge in [0, 0.05) is 42.7 Å². The molecule has 1 aliphatic carbocycles. The maximum absolute atomic E-state index is 4.48. The molecule has 0 amide bonds. The number of hydrogen-bond donors (Lipinski definition) is 1. The van der Waals surface area contributed by atoms with E-state index in [1.807, 2.05) is 6.34 Å². The molecule has 1 aliphatic heterocycles. The van der Waals surface area contributed by atoms with E-state index < -0.39 is 0 Å². The first-order valence-corrected chi connectivity index (χ1v) is 6.15. The van der Waals surface area contributed by atoms with E-state index >= 15 is 0 Å². The van der Waals surface area contributed by atoms with Gasteiger partial charge in [-0.25, -0.2) is 0 Å². The summed E-state index contributed by atoms with van der Waals surface area (Å²) in [5.74, 6) is 0.553. The summed E-state index contributed by atoms with van der Waals surface area (Å²) in [5, 5.41) is 1.44. The smallest absolute Gasteiger partial charge is 0.0850 e. The lowest BCUT2D eigenvalue weighted by molar-refractivity contribution is 0.299. The van der Waals surface area contributed by atoms with E-state index in [-0.39, 0.29) is 0 Å². The number of nitrogens with zero attached hydrogens (tertiary/aromatic N) is 2. The first-order valence-electron chi connectivity index (χ1n) is 6.15.